The molecule has 0 unspecified atom stereocenters. The van der Waals surface area contributed by atoms with Gasteiger partial charge < -0.3 is 10.4 Å². The molecule has 33 heavy (non-hydrogen) atoms. The number of hydrogen-bond donors (Lipinski definition) is 3. The summed E-state index contributed by atoms with van der Waals surface area (Å²) in [5, 5.41) is 21.9. The number of amides is 1. The fourth-order valence-corrected chi connectivity index (χ4v) is 4.75. The topological polar surface area (TPSA) is 112 Å². The number of fused-ring (bicyclic) bond motifs is 2. The SMILES string of the molecule is CC(C)(O)c1ccn2c(C(=O)N[C@H]3CC[C@H](c4n[nH]c(=O)c5ccccc54)CC3)cnc2c1. The molecule has 4 aromatic rings. The number of nitrogens with zero attached hydrogens (tertiary/aromatic N) is 3. The number of aromatic nitrogens is 4. The van der Waals surface area contributed by atoms with Gasteiger partial charge in [0.25, 0.3) is 11.5 Å². The second-order valence-corrected chi connectivity index (χ2v) is 9.35. The molecule has 170 valence electrons. The number of aromatic amines is 1. The highest BCUT2D eigenvalue weighted by atomic mass is 16.3. The van der Waals surface area contributed by atoms with E-state index in [1.807, 2.05) is 24.3 Å². The molecule has 3 aromatic heterocycles. The average molecular weight is 446 g/mol. The van der Waals surface area contributed by atoms with Crippen molar-refractivity contribution in [2.24, 2.45) is 0 Å². The number of imidazole rings is 1. The van der Waals surface area contributed by atoms with Crippen LogP contribution in [0.3, 0.4) is 0 Å². The van der Waals surface area contributed by atoms with E-state index in [4.69, 9.17) is 0 Å². The summed E-state index contributed by atoms with van der Waals surface area (Å²) in [6.45, 7) is 3.44. The van der Waals surface area contributed by atoms with Gasteiger partial charge in [0, 0.05) is 23.5 Å². The maximum Gasteiger partial charge on any atom is 0.272 e. The summed E-state index contributed by atoms with van der Waals surface area (Å²) in [7, 11) is 0. The van der Waals surface area contributed by atoms with Gasteiger partial charge in [-0.15, -0.1) is 0 Å². The van der Waals surface area contributed by atoms with Crippen LogP contribution in [0.25, 0.3) is 16.4 Å². The molecule has 1 fully saturated rings. The maximum atomic E-state index is 13.0. The minimum absolute atomic E-state index is 0.0731. The van der Waals surface area contributed by atoms with Crippen molar-refractivity contribution < 1.29 is 9.90 Å². The summed E-state index contributed by atoms with van der Waals surface area (Å²) >= 11 is 0. The summed E-state index contributed by atoms with van der Waals surface area (Å²) in [5.74, 6) is 0.0885. The Balaban J connectivity index is 1.28. The molecule has 0 bridgehead atoms. The summed E-state index contributed by atoms with van der Waals surface area (Å²) in [6.07, 6.45) is 6.79. The molecule has 0 saturated heterocycles. The molecule has 0 radical (unpaired) electrons. The van der Waals surface area contributed by atoms with Crippen LogP contribution in [0, 0.1) is 0 Å². The largest absolute Gasteiger partial charge is 0.386 e. The van der Waals surface area contributed by atoms with Crippen LogP contribution in [-0.2, 0) is 5.60 Å². The molecule has 8 heteroatoms. The van der Waals surface area contributed by atoms with E-state index >= 15 is 0 Å². The zero-order valence-corrected chi connectivity index (χ0v) is 18.7. The van der Waals surface area contributed by atoms with Gasteiger partial charge in [-0.3, -0.25) is 14.0 Å². The first-order valence-electron chi connectivity index (χ1n) is 11.3. The number of aliphatic hydroxyl groups is 1. The van der Waals surface area contributed by atoms with Gasteiger partial charge in [-0.25, -0.2) is 10.1 Å². The van der Waals surface area contributed by atoms with Gasteiger partial charge >= 0.3 is 0 Å². The van der Waals surface area contributed by atoms with Gasteiger partial charge in [0.2, 0.25) is 0 Å². The van der Waals surface area contributed by atoms with E-state index in [-0.39, 0.29) is 23.4 Å². The Kier molecular flexibility index (Phi) is 5.25. The fraction of sp³-hybridized carbons (Fsp3) is 0.360. The first-order valence-corrected chi connectivity index (χ1v) is 11.3. The Hall–Kier alpha value is -3.52. The van der Waals surface area contributed by atoms with Gasteiger partial charge in [0.15, 0.2) is 0 Å². The fourth-order valence-electron chi connectivity index (χ4n) is 4.75. The number of benzene rings is 1. The van der Waals surface area contributed by atoms with Crippen molar-refractivity contribution in [3.05, 3.63) is 76.1 Å². The predicted octanol–water partition coefficient (Wildman–Crippen LogP) is 3.25. The third-order valence-electron chi connectivity index (χ3n) is 6.63. The van der Waals surface area contributed by atoms with Crippen LogP contribution in [0.4, 0.5) is 0 Å². The molecule has 0 atom stereocenters. The lowest BCUT2D eigenvalue weighted by atomic mass is 9.82. The lowest BCUT2D eigenvalue weighted by Crippen LogP contribution is -2.38. The number of rotatable bonds is 4. The normalized spacial score (nSPS) is 19.1. The van der Waals surface area contributed by atoms with Crippen molar-refractivity contribution in [3.8, 4) is 0 Å². The van der Waals surface area contributed by atoms with Crippen molar-refractivity contribution >= 4 is 22.3 Å². The molecule has 3 heterocycles. The summed E-state index contributed by atoms with van der Waals surface area (Å²) < 4.78 is 1.74. The summed E-state index contributed by atoms with van der Waals surface area (Å²) in [6, 6.07) is 11.2. The molecule has 1 amide bonds. The minimum Gasteiger partial charge on any atom is -0.386 e. The van der Waals surface area contributed by atoms with E-state index in [1.165, 1.54) is 0 Å². The van der Waals surface area contributed by atoms with E-state index in [9.17, 15) is 14.7 Å². The summed E-state index contributed by atoms with van der Waals surface area (Å²) in [4.78, 5) is 29.4. The van der Waals surface area contributed by atoms with E-state index in [0.717, 1.165) is 42.3 Å². The Bertz CT molecular complexity index is 1390. The van der Waals surface area contributed by atoms with Crippen molar-refractivity contribution in [2.75, 3.05) is 0 Å². The van der Waals surface area contributed by atoms with Crippen LogP contribution in [-0.4, -0.2) is 36.6 Å². The van der Waals surface area contributed by atoms with Crippen molar-refractivity contribution in [3.63, 3.8) is 0 Å². The van der Waals surface area contributed by atoms with Gasteiger partial charge in [-0.05, 0) is 63.3 Å². The van der Waals surface area contributed by atoms with E-state index < -0.39 is 5.60 Å². The Morgan fingerprint density at radius 1 is 1.15 bits per heavy atom. The zero-order chi connectivity index (χ0) is 23.2. The lowest BCUT2D eigenvalue weighted by molar-refractivity contribution is 0.0786. The van der Waals surface area contributed by atoms with Crippen molar-refractivity contribution in [1.29, 1.82) is 0 Å². The molecular formula is C25H27N5O3. The number of H-pyrrole nitrogens is 1. The van der Waals surface area contributed by atoms with Crippen molar-refractivity contribution in [1.82, 2.24) is 24.9 Å². The molecule has 1 aliphatic carbocycles. The zero-order valence-electron chi connectivity index (χ0n) is 18.7. The Labute approximate surface area is 190 Å². The second-order valence-electron chi connectivity index (χ2n) is 9.35. The number of nitrogens with one attached hydrogen (secondary N) is 2. The van der Waals surface area contributed by atoms with E-state index in [2.05, 4.69) is 20.5 Å². The smallest absolute Gasteiger partial charge is 0.272 e. The highest BCUT2D eigenvalue weighted by Gasteiger charge is 2.27. The third kappa shape index (κ3) is 4.02. The monoisotopic (exact) mass is 445 g/mol. The highest BCUT2D eigenvalue weighted by molar-refractivity contribution is 5.93. The number of carbonyl (C=O) groups is 1. The molecule has 1 aromatic carbocycles. The van der Waals surface area contributed by atoms with E-state index in [0.29, 0.717) is 16.7 Å². The standard InChI is InChI=1S/C25H27N5O3/c1-25(2,33)16-11-12-30-20(14-26-21(30)13-16)24(32)27-17-9-7-15(8-10-17)22-18-5-3-4-6-19(18)23(31)29-28-22/h3-6,11-15,17,33H,7-10H2,1-2H3,(H,27,32)(H,29,31)/t15-,17-. The molecule has 3 N–H and O–H groups in total. The number of hydrogen-bond acceptors (Lipinski definition) is 5. The molecule has 1 aliphatic rings. The van der Waals surface area contributed by atoms with Crippen molar-refractivity contribution in [2.45, 2.75) is 57.1 Å². The molecule has 0 aliphatic heterocycles. The maximum absolute atomic E-state index is 13.0. The van der Waals surface area contributed by atoms with Gasteiger partial charge in [-0.1, -0.05) is 18.2 Å². The first-order chi connectivity index (χ1) is 15.8. The Morgan fingerprint density at radius 3 is 2.61 bits per heavy atom. The third-order valence-corrected chi connectivity index (χ3v) is 6.63. The molecule has 8 nitrogen and oxygen atoms in total. The number of pyridine rings is 1. The second kappa shape index (κ2) is 8.12. The average Bonchev–Trinajstić information content (AvgIpc) is 3.23. The van der Waals surface area contributed by atoms with Crippen LogP contribution < -0.4 is 10.9 Å². The van der Waals surface area contributed by atoms with Gasteiger partial charge in [0.05, 0.1) is 22.9 Å². The Morgan fingerprint density at radius 2 is 1.88 bits per heavy atom. The van der Waals surface area contributed by atoms with E-state index in [1.54, 1.807) is 42.8 Å². The van der Waals surface area contributed by atoms with Crippen LogP contribution >= 0.6 is 0 Å². The number of carbonyl (C=O) groups excluding carboxylic acids is 1. The van der Waals surface area contributed by atoms with Gasteiger partial charge in [0.1, 0.15) is 11.3 Å². The lowest BCUT2D eigenvalue weighted by Gasteiger charge is -2.29. The molecular weight excluding hydrogens is 418 g/mol. The first kappa shape index (κ1) is 21.3. The minimum atomic E-state index is -0.972. The van der Waals surface area contributed by atoms with Gasteiger partial charge in [-0.2, -0.15) is 5.10 Å². The quantitative estimate of drug-likeness (QED) is 0.446. The molecule has 1 saturated carbocycles. The van der Waals surface area contributed by atoms with Crippen LogP contribution in [0.1, 0.15) is 67.2 Å². The summed E-state index contributed by atoms with van der Waals surface area (Å²) in [5.41, 5.74) is 1.63. The van der Waals surface area contributed by atoms with Crippen LogP contribution in [0.15, 0.2) is 53.6 Å². The van der Waals surface area contributed by atoms with Crippen LogP contribution in [0.5, 0.6) is 0 Å². The molecule has 5 rings (SSSR count). The molecule has 0 spiro atoms. The predicted molar refractivity (Wildman–Crippen MR) is 125 cm³/mol. The van der Waals surface area contributed by atoms with Crippen LogP contribution in [0.2, 0.25) is 0 Å². The highest BCUT2D eigenvalue weighted by Crippen LogP contribution is 2.34.